The fourth-order valence-electron chi connectivity index (χ4n) is 0.971. The first-order valence-corrected chi connectivity index (χ1v) is 3.12. The van der Waals surface area contributed by atoms with Crippen LogP contribution in [0.3, 0.4) is 0 Å². The molecule has 0 aromatic carbocycles. The van der Waals surface area contributed by atoms with Gasteiger partial charge in [0.2, 0.25) is 0 Å². The molecule has 1 fully saturated rings. The predicted octanol–water partition coefficient (Wildman–Crippen LogP) is 0.546. The van der Waals surface area contributed by atoms with E-state index in [1.165, 1.54) is 0 Å². The highest BCUT2D eigenvalue weighted by atomic mass is 16.5. The summed E-state index contributed by atoms with van der Waals surface area (Å²) in [6, 6.07) is 0. The smallest absolute Gasteiger partial charge is 0.0798 e. The monoisotopic (exact) mass is 116 g/mol. The number of hydrogen-bond donors (Lipinski definition) is 1. The Balaban J connectivity index is 2.22. The molecule has 1 unspecified atom stereocenters. The summed E-state index contributed by atoms with van der Waals surface area (Å²) in [6.07, 6.45) is 1.98. The first kappa shape index (κ1) is 6.05. The topological polar surface area (TPSA) is 29.5 Å². The molecule has 48 valence electrons. The fourth-order valence-corrected chi connectivity index (χ4v) is 0.971. The van der Waals surface area contributed by atoms with Crippen LogP contribution in [0.2, 0.25) is 0 Å². The van der Waals surface area contributed by atoms with Gasteiger partial charge >= 0.3 is 0 Å². The third-order valence-electron chi connectivity index (χ3n) is 1.51. The van der Waals surface area contributed by atoms with Gasteiger partial charge in [0.1, 0.15) is 0 Å². The molecular formula is C6H12O2. The zero-order valence-electron chi connectivity index (χ0n) is 5.13. The van der Waals surface area contributed by atoms with Crippen molar-refractivity contribution in [3.05, 3.63) is 0 Å². The van der Waals surface area contributed by atoms with Gasteiger partial charge < -0.3 is 9.84 Å². The molecule has 8 heavy (non-hydrogen) atoms. The van der Waals surface area contributed by atoms with Crippen molar-refractivity contribution < 1.29 is 9.84 Å². The van der Waals surface area contributed by atoms with E-state index in [1.807, 2.05) is 0 Å². The fraction of sp³-hybridized carbons (Fsp3) is 1.00. The van der Waals surface area contributed by atoms with Crippen LogP contribution in [0.1, 0.15) is 19.8 Å². The minimum absolute atomic E-state index is 0.194. The molecule has 2 atom stereocenters. The molecule has 1 heterocycles. The lowest BCUT2D eigenvalue weighted by molar-refractivity contribution is 0.0869. The second kappa shape index (κ2) is 2.46. The Morgan fingerprint density at radius 2 is 2.50 bits per heavy atom. The van der Waals surface area contributed by atoms with E-state index in [0.29, 0.717) is 12.7 Å². The Bertz CT molecular complexity index is 72.9. The lowest BCUT2D eigenvalue weighted by Crippen LogP contribution is -2.04. The van der Waals surface area contributed by atoms with Crippen molar-refractivity contribution in [3.8, 4) is 0 Å². The number of aliphatic hydroxyl groups is 1. The lowest BCUT2D eigenvalue weighted by Gasteiger charge is -2.01. The molecule has 2 heteroatoms. The highest BCUT2D eigenvalue weighted by Gasteiger charge is 2.20. The summed E-state index contributed by atoms with van der Waals surface area (Å²) in [5.41, 5.74) is 0. The van der Waals surface area contributed by atoms with Crippen LogP contribution >= 0.6 is 0 Å². The van der Waals surface area contributed by atoms with Gasteiger partial charge in [0.05, 0.1) is 18.8 Å². The van der Waals surface area contributed by atoms with Gasteiger partial charge in [-0.25, -0.2) is 0 Å². The standard InChI is InChI=1S/C6H12O2/c1-2-6-3-5(7)4-8-6/h5-7H,2-4H2,1H3/t5-,6?/m1/s1. The number of rotatable bonds is 1. The van der Waals surface area contributed by atoms with Gasteiger partial charge in [0.25, 0.3) is 0 Å². The SMILES string of the molecule is CCC1C[C@@H](O)CO1. The van der Waals surface area contributed by atoms with Crippen LogP contribution in [-0.4, -0.2) is 23.9 Å². The molecule has 1 N–H and O–H groups in total. The van der Waals surface area contributed by atoms with Crippen LogP contribution in [0, 0.1) is 0 Å². The van der Waals surface area contributed by atoms with E-state index in [-0.39, 0.29) is 6.10 Å². The van der Waals surface area contributed by atoms with Crippen molar-refractivity contribution >= 4 is 0 Å². The molecule has 0 aliphatic carbocycles. The zero-order chi connectivity index (χ0) is 5.98. The van der Waals surface area contributed by atoms with E-state index in [4.69, 9.17) is 9.84 Å². The van der Waals surface area contributed by atoms with E-state index in [0.717, 1.165) is 12.8 Å². The van der Waals surface area contributed by atoms with Crippen molar-refractivity contribution in [1.29, 1.82) is 0 Å². The number of aliphatic hydroxyl groups excluding tert-OH is 1. The maximum absolute atomic E-state index is 8.91. The van der Waals surface area contributed by atoms with Crippen LogP contribution in [0.25, 0.3) is 0 Å². The maximum atomic E-state index is 8.91. The number of ether oxygens (including phenoxy) is 1. The molecule has 2 nitrogen and oxygen atoms in total. The molecule has 1 aliphatic rings. The Labute approximate surface area is 49.5 Å². The minimum Gasteiger partial charge on any atom is -0.391 e. The largest absolute Gasteiger partial charge is 0.391 e. The minimum atomic E-state index is -0.194. The second-order valence-corrected chi connectivity index (χ2v) is 2.25. The summed E-state index contributed by atoms with van der Waals surface area (Å²) in [5.74, 6) is 0. The molecular weight excluding hydrogens is 104 g/mol. The normalized spacial score (nSPS) is 38.2. The molecule has 0 amide bonds. The summed E-state index contributed by atoms with van der Waals surface area (Å²) in [5, 5.41) is 8.91. The van der Waals surface area contributed by atoms with Crippen molar-refractivity contribution in [2.45, 2.75) is 32.0 Å². The van der Waals surface area contributed by atoms with E-state index in [2.05, 4.69) is 6.92 Å². The van der Waals surface area contributed by atoms with Gasteiger partial charge in [-0.05, 0) is 6.42 Å². The van der Waals surface area contributed by atoms with Crippen LogP contribution < -0.4 is 0 Å². The van der Waals surface area contributed by atoms with Crippen LogP contribution in [-0.2, 0) is 4.74 Å². The highest BCUT2D eigenvalue weighted by Crippen LogP contribution is 2.14. The van der Waals surface area contributed by atoms with Crippen molar-refractivity contribution in [2.24, 2.45) is 0 Å². The molecule has 0 radical (unpaired) electrons. The predicted molar refractivity (Wildman–Crippen MR) is 30.7 cm³/mol. The molecule has 1 rings (SSSR count). The summed E-state index contributed by atoms with van der Waals surface area (Å²) < 4.78 is 5.16. The molecule has 1 aliphatic heterocycles. The van der Waals surface area contributed by atoms with Crippen molar-refractivity contribution in [3.63, 3.8) is 0 Å². The average molecular weight is 116 g/mol. The van der Waals surface area contributed by atoms with Crippen molar-refractivity contribution in [2.75, 3.05) is 6.61 Å². The van der Waals surface area contributed by atoms with Gasteiger partial charge in [-0.3, -0.25) is 0 Å². The third kappa shape index (κ3) is 1.20. The first-order valence-electron chi connectivity index (χ1n) is 3.12. The molecule has 0 aromatic heterocycles. The van der Waals surface area contributed by atoms with Gasteiger partial charge in [0.15, 0.2) is 0 Å². The maximum Gasteiger partial charge on any atom is 0.0798 e. The summed E-state index contributed by atoms with van der Waals surface area (Å²) in [7, 11) is 0. The quantitative estimate of drug-likeness (QED) is 0.542. The molecule has 1 saturated heterocycles. The molecule has 0 saturated carbocycles. The number of hydrogen-bond acceptors (Lipinski definition) is 2. The van der Waals surface area contributed by atoms with Crippen molar-refractivity contribution in [1.82, 2.24) is 0 Å². The van der Waals surface area contributed by atoms with Crippen LogP contribution in [0.5, 0.6) is 0 Å². The Kier molecular flexibility index (Phi) is 1.86. The van der Waals surface area contributed by atoms with E-state index in [9.17, 15) is 0 Å². The first-order chi connectivity index (χ1) is 3.83. The van der Waals surface area contributed by atoms with E-state index >= 15 is 0 Å². The van der Waals surface area contributed by atoms with Gasteiger partial charge in [-0.2, -0.15) is 0 Å². The Morgan fingerprint density at radius 3 is 2.75 bits per heavy atom. The van der Waals surface area contributed by atoms with Gasteiger partial charge in [0, 0.05) is 6.42 Å². The van der Waals surface area contributed by atoms with Gasteiger partial charge in [-0.1, -0.05) is 6.92 Å². The highest BCUT2D eigenvalue weighted by molar-refractivity contribution is 4.70. The Morgan fingerprint density at radius 1 is 1.75 bits per heavy atom. The van der Waals surface area contributed by atoms with Crippen LogP contribution in [0.15, 0.2) is 0 Å². The van der Waals surface area contributed by atoms with Gasteiger partial charge in [-0.15, -0.1) is 0 Å². The van der Waals surface area contributed by atoms with Crippen LogP contribution in [0.4, 0.5) is 0 Å². The Hall–Kier alpha value is -0.0800. The molecule has 0 aromatic rings. The van der Waals surface area contributed by atoms with E-state index in [1.54, 1.807) is 0 Å². The third-order valence-corrected chi connectivity index (χ3v) is 1.51. The second-order valence-electron chi connectivity index (χ2n) is 2.25. The average Bonchev–Trinajstić information content (AvgIpc) is 2.14. The summed E-state index contributed by atoms with van der Waals surface area (Å²) in [4.78, 5) is 0. The summed E-state index contributed by atoms with van der Waals surface area (Å²) in [6.45, 7) is 2.61. The lowest BCUT2D eigenvalue weighted by atomic mass is 10.2. The molecule has 0 bridgehead atoms. The molecule has 0 spiro atoms. The van der Waals surface area contributed by atoms with E-state index < -0.39 is 0 Å². The zero-order valence-corrected chi connectivity index (χ0v) is 5.13. The summed E-state index contributed by atoms with van der Waals surface area (Å²) >= 11 is 0.